The molecule has 1 aromatic carbocycles. The number of amides is 1. The van der Waals surface area contributed by atoms with E-state index in [4.69, 9.17) is 0 Å². The first-order valence-electron chi connectivity index (χ1n) is 6.43. The van der Waals surface area contributed by atoms with Crippen LogP contribution in [-0.4, -0.2) is 5.91 Å². The summed E-state index contributed by atoms with van der Waals surface area (Å²) >= 11 is 5.75. The van der Waals surface area contributed by atoms with E-state index in [2.05, 4.69) is 43.8 Å². The molecule has 2 aliphatic rings. The van der Waals surface area contributed by atoms with Crippen LogP contribution in [0.15, 0.2) is 22.7 Å². The maximum Gasteiger partial charge on any atom is 0.228 e. The molecule has 2 saturated carbocycles. The number of benzene rings is 1. The summed E-state index contributed by atoms with van der Waals surface area (Å²) in [5, 5.41) is 3.08. The molecule has 96 valence electrons. The van der Waals surface area contributed by atoms with Gasteiger partial charge in [0.05, 0.1) is 5.69 Å². The van der Waals surface area contributed by atoms with Crippen molar-refractivity contribution in [2.75, 3.05) is 5.32 Å². The van der Waals surface area contributed by atoms with Crippen LogP contribution in [0, 0.1) is 21.3 Å². The quantitative estimate of drug-likeness (QED) is 0.706. The number of nitrogens with one attached hydrogen (secondary N) is 1. The summed E-state index contributed by atoms with van der Waals surface area (Å²) in [7, 11) is 0. The Labute approximate surface area is 129 Å². The zero-order valence-electron chi connectivity index (χ0n) is 9.96. The highest BCUT2D eigenvalue weighted by Crippen LogP contribution is 2.55. The van der Waals surface area contributed by atoms with Crippen molar-refractivity contribution in [2.45, 2.75) is 25.7 Å². The summed E-state index contributed by atoms with van der Waals surface area (Å²) in [5.41, 5.74) is 0.899. The largest absolute Gasteiger partial charge is 0.325 e. The second kappa shape index (κ2) is 5.12. The highest BCUT2D eigenvalue weighted by molar-refractivity contribution is 14.1. The third-order valence-electron chi connectivity index (χ3n) is 4.15. The van der Waals surface area contributed by atoms with Crippen LogP contribution in [0.4, 0.5) is 5.69 Å². The Morgan fingerprint density at radius 2 is 1.94 bits per heavy atom. The van der Waals surface area contributed by atoms with E-state index in [1.165, 1.54) is 25.7 Å². The molecule has 0 aromatic heterocycles. The molecule has 0 radical (unpaired) electrons. The lowest BCUT2D eigenvalue weighted by atomic mass is 10.0. The molecule has 2 nitrogen and oxygen atoms in total. The number of hydrogen-bond donors (Lipinski definition) is 1. The minimum Gasteiger partial charge on any atom is -0.325 e. The minimum atomic E-state index is 0.217. The third-order valence-corrected chi connectivity index (χ3v) is 5.51. The van der Waals surface area contributed by atoms with E-state index in [1.54, 1.807) is 0 Å². The van der Waals surface area contributed by atoms with E-state index in [-0.39, 0.29) is 11.8 Å². The van der Waals surface area contributed by atoms with Gasteiger partial charge in [-0.2, -0.15) is 0 Å². The van der Waals surface area contributed by atoms with Gasteiger partial charge in [-0.3, -0.25) is 4.79 Å². The summed E-state index contributed by atoms with van der Waals surface area (Å²) in [5.74, 6) is 1.83. The van der Waals surface area contributed by atoms with Gasteiger partial charge in [0.2, 0.25) is 5.91 Å². The molecule has 0 spiro atoms. The van der Waals surface area contributed by atoms with Crippen molar-refractivity contribution in [3.05, 3.63) is 26.2 Å². The first kappa shape index (κ1) is 12.9. The van der Waals surface area contributed by atoms with Crippen LogP contribution < -0.4 is 5.32 Å². The molecule has 2 aliphatic carbocycles. The maximum absolute atomic E-state index is 12.3. The number of carbonyl (C=O) groups is 1. The van der Waals surface area contributed by atoms with Gasteiger partial charge in [-0.25, -0.2) is 0 Å². The van der Waals surface area contributed by atoms with Gasteiger partial charge in [-0.05, 0) is 81.4 Å². The average molecular weight is 420 g/mol. The molecule has 1 aromatic rings. The third kappa shape index (κ3) is 2.46. The summed E-state index contributed by atoms with van der Waals surface area (Å²) < 4.78 is 2.10. The Hall–Kier alpha value is -0.100. The standard InChI is InChI=1S/C14H15BrINO/c15-11-6-5-8(16)7-12(11)17-14(18)13-9-3-1-2-4-10(9)13/h5-7,9-10,13H,1-4H2,(H,17,18). The Balaban J connectivity index is 1.69. The van der Waals surface area contributed by atoms with Crippen molar-refractivity contribution in [2.24, 2.45) is 17.8 Å². The molecule has 1 N–H and O–H groups in total. The molecule has 0 saturated heterocycles. The number of hydrogen-bond acceptors (Lipinski definition) is 1. The average Bonchev–Trinajstić information content (AvgIpc) is 3.08. The van der Waals surface area contributed by atoms with Crippen molar-refractivity contribution in [3.63, 3.8) is 0 Å². The monoisotopic (exact) mass is 419 g/mol. The molecule has 2 fully saturated rings. The van der Waals surface area contributed by atoms with Crippen LogP contribution in [0.1, 0.15) is 25.7 Å². The zero-order chi connectivity index (χ0) is 12.7. The van der Waals surface area contributed by atoms with Crippen molar-refractivity contribution >= 4 is 50.1 Å². The van der Waals surface area contributed by atoms with E-state index >= 15 is 0 Å². The van der Waals surface area contributed by atoms with Gasteiger partial charge < -0.3 is 5.32 Å². The van der Waals surface area contributed by atoms with Crippen molar-refractivity contribution in [3.8, 4) is 0 Å². The Morgan fingerprint density at radius 1 is 1.28 bits per heavy atom. The van der Waals surface area contributed by atoms with Crippen LogP contribution in [0.3, 0.4) is 0 Å². The van der Waals surface area contributed by atoms with E-state index in [9.17, 15) is 4.79 Å². The molecule has 0 bridgehead atoms. The topological polar surface area (TPSA) is 29.1 Å². The molecule has 2 unspecified atom stereocenters. The van der Waals surface area contributed by atoms with Gasteiger partial charge in [0.15, 0.2) is 0 Å². The first-order valence-corrected chi connectivity index (χ1v) is 8.30. The normalized spacial score (nSPS) is 29.6. The second-order valence-corrected chi connectivity index (χ2v) is 7.35. The van der Waals surface area contributed by atoms with E-state index in [1.807, 2.05) is 18.2 Å². The van der Waals surface area contributed by atoms with Crippen LogP contribution in [-0.2, 0) is 4.79 Å². The van der Waals surface area contributed by atoms with Crippen LogP contribution in [0.2, 0.25) is 0 Å². The van der Waals surface area contributed by atoms with Crippen molar-refractivity contribution < 1.29 is 4.79 Å². The van der Waals surface area contributed by atoms with Crippen LogP contribution in [0.5, 0.6) is 0 Å². The van der Waals surface area contributed by atoms with Crippen LogP contribution >= 0.6 is 38.5 Å². The fourth-order valence-corrected chi connectivity index (χ4v) is 4.03. The Morgan fingerprint density at radius 3 is 2.61 bits per heavy atom. The molecule has 1 amide bonds. The van der Waals surface area contributed by atoms with E-state index < -0.39 is 0 Å². The second-order valence-electron chi connectivity index (χ2n) is 5.25. The van der Waals surface area contributed by atoms with Gasteiger partial charge >= 0.3 is 0 Å². The summed E-state index contributed by atoms with van der Waals surface area (Å²) in [6.07, 6.45) is 5.10. The molecule has 4 heteroatoms. The van der Waals surface area contributed by atoms with Gasteiger partial charge in [0.25, 0.3) is 0 Å². The number of halogens is 2. The Kier molecular flexibility index (Phi) is 3.67. The lowest BCUT2D eigenvalue weighted by molar-refractivity contribution is -0.117. The molecule has 0 aliphatic heterocycles. The van der Waals surface area contributed by atoms with Crippen molar-refractivity contribution in [1.82, 2.24) is 0 Å². The Bertz CT molecular complexity index is 479. The lowest BCUT2D eigenvalue weighted by Crippen LogP contribution is -2.15. The SMILES string of the molecule is O=C(Nc1cc(I)ccc1Br)C1C2CCCCC21. The molecule has 2 atom stereocenters. The molecular weight excluding hydrogens is 405 g/mol. The summed E-state index contributed by atoms with van der Waals surface area (Å²) in [6.45, 7) is 0. The molecule has 0 heterocycles. The zero-order valence-corrected chi connectivity index (χ0v) is 13.7. The first-order chi connectivity index (χ1) is 8.66. The number of anilines is 1. The van der Waals surface area contributed by atoms with Gasteiger partial charge in [0, 0.05) is 14.0 Å². The van der Waals surface area contributed by atoms with Gasteiger partial charge in [0.1, 0.15) is 0 Å². The number of carbonyl (C=O) groups excluding carboxylic acids is 1. The molecule has 3 rings (SSSR count). The molecular formula is C14H15BrINO. The maximum atomic E-state index is 12.3. The minimum absolute atomic E-state index is 0.217. The molecule has 18 heavy (non-hydrogen) atoms. The predicted molar refractivity (Wildman–Crippen MR) is 84.4 cm³/mol. The van der Waals surface area contributed by atoms with Gasteiger partial charge in [-0.15, -0.1) is 0 Å². The lowest BCUT2D eigenvalue weighted by Gasteiger charge is -2.07. The number of rotatable bonds is 2. The highest BCUT2D eigenvalue weighted by Gasteiger charge is 2.54. The summed E-state index contributed by atoms with van der Waals surface area (Å²) in [6, 6.07) is 6.02. The van der Waals surface area contributed by atoms with Crippen LogP contribution in [0.25, 0.3) is 0 Å². The summed E-state index contributed by atoms with van der Waals surface area (Å²) in [4.78, 5) is 12.3. The fourth-order valence-electron chi connectivity index (χ4n) is 3.19. The van der Waals surface area contributed by atoms with Gasteiger partial charge in [-0.1, -0.05) is 12.8 Å². The van der Waals surface area contributed by atoms with E-state index in [0.29, 0.717) is 11.8 Å². The fraction of sp³-hybridized carbons (Fsp3) is 0.500. The smallest absolute Gasteiger partial charge is 0.228 e. The highest BCUT2D eigenvalue weighted by atomic mass is 127. The van der Waals surface area contributed by atoms with E-state index in [0.717, 1.165) is 13.7 Å². The van der Waals surface area contributed by atoms with Crippen molar-refractivity contribution in [1.29, 1.82) is 0 Å². The number of fused-ring (bicyclic) bond motifs is 1. The predicted octanol–water partition coefficient (Wildman–Crippen LogP) is 4.43.